The Balaban J connectivity index is 1.44. The molecule has 27 heavy (non-hydrogen) atoms. The Morgan fingerprint density at radius 1 is 0.815 bits per heavy atom. The lowest BCUT2D eigenvalue weighted by molar-refractivity contribution is 0.313. The molecule has 0 amide bonds. The molecule has 0 unspecified atom stereocenters. The minimum absolute atomic E-state index is 0.587. The molecule has 1 aromatic heterocycles. The van der Waals surface area contributed by atoms with Crippen LogP contribution in [0.2, 0.25) is 0 Å². The summed E-state index contributed by atoms with van der Waals surface area (Å²) >= 11 is 0. The molecule has 4 aromatic rings. The Bertz CT molecular complexity index is 1070. The molecular weight excluding hydrogens is 332 g/mol. The highest BCUT2D eigenvalue weighted by Gasteiger charge is 2.06. The van der Waals surface area contributed by atoms with E-state index in [0.717, 1.165) is 17.3 Å². The summed E-state index contributed by atoms with van der Waals surface area (Å²) in [6, 6.07) is 23.1. The van der Waals surface area contributed by atoms with Crippen molar-refractivity contribution >= 4 is 10.9 Å². The predicted octanol–water partition coefficient (Wildman–Crippen LogP) is 5.54. The Kier molecular flexibility index (Phi) is 4.84. The number of rotatable bonds is 5. The number of benzene rings is 3. The first-order valence-electron chi connectivity index (χ1n) is 9.20. The molecule has 0 atom stereocenters. The summed E-state index contributed by atoms with van der Waals surface area (Å²) in [7, 11) is 0. The molecule has 0 fully saturated rings. The van der Waals surface area contributed by atoms with Gasteiger partial charge in [0, 0.05) is 6.42 Å². The van der Waals surface area contributed by atoms with Gasteiger partial charge in [0.1, 0.15) is 6.33 Å². The van der Waals surface area contributed by atoms with E-state index in [0.29, 0.717) is 12.5 Å². The van der Waals surface area contributed by atoms with Gasteiger partial charge in [-0.1, -0.05) is 54.6 Å². The van der Waals surface area contributed by atoms with Gasteiger partial charge in [-0.25, -0.2) is 9.97 Å². The van der Waals surface area contributed by atoms with Crippen molar-refractivity contribution in [3.8, 4) is 17.0 Å². The van der Waals surface area contributed by atoms with Crippen LogP contribution in [0.5, 0.6) is 5.88 Å². The van der Waals surface area contributed by atoms with Gasteiger partial charge in [0.2, 0.25) is 5.88 Å². The lowest BCUT2D eigenvalue weighted by atomic mass is 9.96. The highest BCUT2D eigenvalue weighted by molar-refractivity contribution is 5.82. The fourth-order valence-corrected chi connectivity index (χ4v) is 3.28. The number of aryl methyl sites for hydroxylation is 1. The second-order valence-corrected chi connectivity index (χ2v) is 6.74. The van der Waals surface area contributed by atoms with Gasteiger partial charge in [0.05, 0.1) is 17.5 Å². The number of hydrogen-bond donors (Lipinski definition) is 0. The third kappa shape index (κ3) is 3.68. The van der Waals surface area contributed by atoms with Crippen molar-refractivity contribution in [2.45, 2.75) is 20.3 Å². The van der Waals surface area contributed by atoms with E-state index in [1.807, 2.05) is 24.3 Å². The maximum atomic E-state index is 5.92. The molecule has 1 heterocycles. The van der Waals surface area contributed by atoms with Crippen LogP contribution in [0.15, 0.2) is 73.1 Å². The van der Waals surface area contributed by atoms with Crippen LogP contribution in [0.25, 0.3) is 22.0 Å². The van der Waals surface area contributed by atoms with E-state index in [4.69, 9.17) is 4.74 Å². The van der Waals surface area contributed by atoms with E-state index in [-0.39, 0.29) is 0 Å². The Morgan fingerprint density at radius 3 is 2.48 bits per heavy atom. The van der Waals surface area contributed by atoms with E-state index in [1.54, 1.807) is 6.33 Å². The Hall–Kier alpha value is -3.20. The molecule has 0 N–H and O–H groups in total. The number of nitrogens with zero attached hydrogens (tertiary/aromatic N) is 2. The predicted molar refractivity (Wildman–Crippen MR) is 110 cm³/mol. The van der Waals surface area contributed by atoms with Gasteiger partial charge in [-0.3, -0.25) is 0 Å². The molecule has 0 radical (unpaired) electrons. The van der Waals surface area contributed by atoms with Gasteiger partial charge < -0.3 is 4.74 Å². The van der Waals surface area contributed by atoms with Gasteiger partial charge in [-0.15, -0.1) is 0 Å². The highest BCUT2D eigenvalue weighted by Crippen LogP contribution is 2.26. The van der Waals surface area contributed by atoms with E-state index in [9.17, 15) is 0 Å². The molecule has 4 rings (SSSR count). The SMILES string of the molecule is Cc1cccc(-c2ccc(CCOc3ncnc4ccccc34)cc2)c1C. The molecule has 0 bridgehead atoms. The first kappa shape index (κ1) is 17.2. The van der Waals surface area contributed by atoms with Gasteiger partial charge >= 0.3 is 0 Å². The second kappa shape index (κ2) is 7.58. The van der Waals surface area contributed by atoms with Gasteiger partial charge in [-0.05, 0) is 53.8 Å². The summed E-state index contributed by atoms with van der Waals surface area (Å²) in [4.78, 5) is 8.55. The topological polar surface area (TPSA) is 35.0 Å². The van der Waals surface area contributed by atoms with Crippen molar-refractivity contribution in [3.05, 3.63) is 89.7 Å². The number of fused-ring (bicyclic) bond motifs is 1. The largest absolute Gasteiger partial charge is 0.477 e. The number of para-hydroxylation sites is 1. The van der Waals surface area contributed by atoms with Crippen molar-refractivity contribution in [2.24, 2.45) is 0 Å². The van der Waals surface area contributed by atoms with Gasteiger partial charge in [0.15, 0.2) is 0 Å². The molecule has 3 aromatic carbocycles. The summed E-state index contributed by atoms with van der Waals surface area (Å²) in [6.45, 7) is 4.92. The highest BCUT2D eigenvalue weighted by atomic mass is 16.5. The summed E-state index contributed by atoms with van der Waals surface area (Å²) in [6.07, 6.45) is 2.39. The van der Waals surface area contributed by atoms with Crippen LogP contribution in [-0.2, 0) is 6.42 Å². The Morgan fingerprint density at radius 2 is 1.63 bits per heavy atom. The zero-order valence-electron chi connectivity index (χ0n) is 15.6. The van der Waals surface area contributed by atoms with Crippen LogP contribution in [0.3, 0.4) is 0 Å². The van der Waals surface area contributed by atoms with Crippen molar-refractivity contribution in [2.75, 3.05) is 6.61 Å². The van der Waals surface area contributed by atoms with Gasteiger partial charge in [-0.2, -0.15) is 0 Å². The lowest BCUT2D eigenvalue weighted by Crippen LogP contribution is -2.03. The molecular formula is C24H22N2O. The molecule has 3 nitrogen and oxygen atoms in total. The van der Waals surface area contributed by atoms with Crippen molar-refractivity contribution < 1.29 is 4.74 Å². The fraction of sp³-hybridized carbons (Fsp3) is 0.167. The van der Waals surface area contributed by atoms with Crippen LogP contribution in [0.4, 0.5) is 0 Å². The third-order valence-electron chi connectivity index (χ3n) is 5.01. The molecule has 0 aliphatic heterocycles. The quantitative estimate of drug-likeness (QED) is 0.472. The zero-order valence-corrected chi connectivity index (χ0v) is 15.6. The maximum Gasteiger partial charge on any atom is 0.224 e. The molecule has 134 valence electrons. The smallest absolute Gasteiger partial charge is 0.224 e. The molecule has 3 heteroatoms. The van der Waals surface area contributed by atoms with Gasteiger partial charge in [0.25, 0.3) is 0 Å². The average Bonchev–Trinajstić information content (AvgIpc) is 2.71. The van der Waals surface area contributed by atoms with Crippen molar-refractivity contribution in [1.82, 2.24) is 9.97 Å². The van der Waals surface area contributed by atoms with Crippen LogP contribution in [0, 0.1) is 13.8 Å². The van der Waals surface area contributed by atoms with E-state index < -0.39 is 0 Å². The molecule has 0 spiro atoms. The first-order chi connectivity index (χ1) is 13.2. The monoisotopic (exact) mass is 354 g/mol. The minimum atomic E-state index is 0.587. The van der Waals surface area contributed by atoms with E-state index >= 15 is 0 Å². The maximum absolute atomic E-state index is 5.92. The lowest BCUT2D eigenvalue weighted by Gasteiger charge is -2.10. The summed E-state index contributed by atoms with van der Waals surface area (Å²) in [5.41, 5.74) is 7.36. The number of hydrogen-bond acceptors (Lipinski definition) is 3. The fourth-order valence-electron chi connectivity index (χ4n) is 3.28. The number of ether oxygens (including phenoxy) is 1. The first-order valence-corrected chi connectivity index (χ1v) is 9.20. The zero-order chi connectivity index (χ0) is 18.6. The minimum Gasteiger partial charge on any atom is -0.477 e. The summed E-state index contributed by atoms with van der Waals surface area (Å²) in [5, 5.41) is 0.949. The number of aromatic nitrogens is 2. The van der Waals surface area contributed by atoms with Crippen molar-refractivity contribution in [1.29, 1.82) is 0 Å². The van der Waals surface area contributed by atoms with Crippen LogP contribution in [-0.4, -0.2) is 16.6 Å². The molecule has 0 saturated heterocycles. The standard InChI is InChI=1S/C24H22N2O/c1-17-6-5-8-21(18(17)2)20-12-10-19(11-13-20)14-15-27-24-22-7-3-4-9-23(22)25-16-26-24/h3-13,16H,14-15H2,1-2H3. The van der Waals surface area contributed by atoms with Crippen LogP contribution in [0.1, 0.15) is 16.7 Å². The normalized spacial score (nSPS) is 10.9. The van der Waals surface area contributed by atoms with E-state index in [2.05, 4.69) is 66.3 Å². The van der Waals surface area contributed by atoms with E-state index in [1.165, 1.54) is 27.8 Å². The van der Waals surface area contributed by atoms with Crippen LogP contribution >= 0.6 is 0 Å². The van der Waals surface area contributed by atoms with Crippen molar-refractivity contribution in [3.63, 3.8) is 0 Å². The Labute approximate surface area is 159 Å². The average molecular weight is 354 g/mol. The molecule has 0 saturated carbocycles. The van der Waals surface area contributed by atoms with Crippen LogP contribution < -0.4 is 4.74 Å². The second-order valence-electron chi connectivity index (χ2n) is 6.74. The third-order valence-corrected chi connectivity index (χ3v) is 5.01. The molecule has 0 aliphatic rings. The summed E-state index contributed by atoms with van der Waals surface area (Å²) < 4.78 is 5.92. The molecule has 0 aliphatic carbocycles. The summed E-state index contributed by atoms with van der Waals surface area (Å²) in [5.74, 6) is 0.646.